The Bertz CT molecular complexity index is 830. The van der Waals surface area contributed by atoms with E-state index < -0.39 is 0 Å². The SMILES string of the molecule is CCCOc1cccc(C(=O)N2CCN(c3ccc(C(=O)OCC)cn3)CC2)c1. The van der Waals surface area contributed by atoms with Gasteiger partial charge in [-0.05, 0) is 43.7 Å². The third kappa shape index (κ3) is 5.25. The largest absolute Gasteiger partial charge is 0.494 e. The molecule has 0 saturated carbocycles. The summed E-state index contributed by atoms with van der Waals surface area (Å²) in [5, 5.41) is 0. The van der Waals surface area contributed by atoms with Crippen molar-refractivity contribution in [1.29, 1.82) is 0 Å². The van der Waals surface area contributed by atoms with Crippen molar-refractivity contribution in [2.75, 3.05) is 44.3 Å². The monoisotopic (exact) mass is 397 g/mol. The Labute approximate surface area is 171 Å². The number of hydrogen-bond acceptors (Lipinski definition) is 6. The first-order chi connectivity index (χ1) is 14.1. The second kappa shape index (κ2) is 9.91. The van der Waals surface area contributed by atoms with Crippen LogP contribution in [-0.4, -0.2) is 61.2 Å². The van der Waals surface area contributed by atoms with Crippen LogP contribution in [0, 0.1) is 0 Å². The van der Waals surface area contributed by atoms with Gasteiger partial charge in [-0.15, -0.1) is 0 Å². The van der Waals surface area contributed by atoms with E-state index in [2.05, 4.69) is 9.88 Å². The van der Waals surface area contributed by atoms with Crippen LogP contribution in [0.1, 0.15) is 41.0 Å². The van der Waals surface area contributed by atoms with Crippen LogP contribution in [0.2, 0.25) is 0 Å². The third-order valence-corrected chi connectivity index (χ3v) is 4.70. The molecule has 0 unspecified atom stereocenters. The molecule has 0 spiro atoms. The van der Waals surface area contributed by atoms with Crippen LogP contribution in [0.15, 0.2) is 42.6 Å². The highest BCUT2D eigenvalue weighted by molar-refractivity contribution is 5.94. The van der Waals surface area contributed by atoms with Crippen molar-refractivity contribution in [1.82, 2.24) is 9.88 Å². The molecule has 7 heteroatoms. The van der Waals surface area contributed by atoms with Gasteiger partial charge in [0.15, 0.2) is 0 Å². The van der Waals surface area contributed by atoms with Crippen LogP contribution in [0.25, 0.3) is 0 Å². The molecule has 1 aromatic heterocycles. The second-order valence-electron chi connectivity index (χ2n) is 6.78. The summed E-state index contributed by atoms with van der Waals surface area (Å²) < 4.78 is 10.6. The Kier molecular flexibility index (Phi) is 7.05. The van der Waals surface area contributed by atoms with Gasteiger partial charge in [-0.2, -0.15) is 0 Å². The molecule has 1 aliphatic rings. The van der Waals surface area contributed by atoms with Crippen molar-refractivity contribution in [3.8, 4) is 5.75 Å². The standard InChI is InChI=1S/C22H27N3O4/c1-3-14-29-19-7-5-6-17(15-19)21(26)25-12-10-24(11-13-25)20-9-8-18(16-23-20)22(27)28-4-2/h5-9,15-16H,3-4,10-14H2,1-2H3. The number of nitrogens with zero attached hydrogens (tertiary/aromatic N) is 3. The maximum absolute atomic E-state index is 12.8. The highest BCUT2D eigenvalue weighted by atomic mass is 16.5. The fourth-order valence-corrected chi connectivity index (χ4v) is 3.17. The molecule has 1 fully saturated rings. The fraction of sp³-hybridized carbons (Fsp3) is 0.409. The molecular weight excluding hydrogens is 370 g/mol. The molecule has 2 heterocycles. The zero-order valence-electron chi connectivity index (χ0n) is 17.0. The Morgan fingerprint density at radius 1 is 1.03 bits per heavy atom. The lowest BCUT2D eigenvalue weighted by atomic mass is 10.1. The molecule has 0 N–H and O–H groups in total. The molecule has 1 aliphatic heterocycles. The van der Waals surface area contributed by atoms with Gasteiger partial charge in [-0.25, -0.2) is 9.78 Å². The number of pyridine rings is 1. The van der Waals surface area contributed by atoms with Crippen LogP contribution in [-0.2, 0) is 4.74 Å². The number of benzene rings is 1. The van der Waals surface area contributed by atoms with Crippen LogP contribution in [0.3, 0.4) is 0 Å². The summed E-state index contributed by atoms with van der Waals surface area (Å²) in [6.45, 7) is 7.39. The molecule has 154 valence electrons. The van der Waals surface area contributed by atoms with Gasteiger partial charge >= 0.3 is 5.97 Å². The van der Waals surface area contributed by atoms with E-state index in [4.69, 9.17) is 9.47 Å². The smallest absolute Gasteiger partial charge is 0.339 e. The molecule has 0 bridgehead atoms. The summed E-state index contributed by atoms with van der Waals surface area (Å²) in [6.07, 6.45) is 2.46. The van der Waals surface area contributed by atoms with Crippen molar-refractivity contribution in [2.45, 2.75) is 20.3 Å². The summed E-state index contributed by atoms with van der Waals surface area (Å²) in [5.41, 5.74) is 1.08. The quantitative estimate of drug-likeness (QED) is 0.669. The lowest BCUT2D eigenvalue weighted by Gasteiger charge is -2.35. The molecule has 7 nitrogen and oxygen atoms in total. The van der Waals surface area contributed by atoms with E-state index in [0.717, 1.165) is 18.0 Å². The summed E-state index contributed by atoms with van der Waals surface area (Å²) >= 11 is 0. The average molecular weight is 397 g/mol. The number of ether oxygens (including phenoxy) is 2. The first kappa shape index (κ1) is 20.6. The maximum Gasteiger partial charge on any atom is 0.339 e. The van der Waals surface area contributed by atoms with E-state index in [1.807, 2.05) is 36.1 Å². The second-order valence-corrected chi connectivity index (χ2v) is 6.78. The summed E-state index contributed by atoms with van der Waals surface area (Å²) in [4.78, 5) is 32.9. The Hall–Kier alpha value is -3.09. The zero-order valence-corrected chi connectivity index (χ0v) is 17.0. The maximum atomic E-state index is 12.8. The minimum atomic E-state index is -0.368. The number of piperazine rings is 1. The highest BCUT2D eigenvalue weighted by Crippen LogP contribution is 2.18. The van der Waals surface area contributed by atoms with Gasteiger partial charge in [0.05, 0.1) is 18.8 Å². The van der Waals surface area contributed by atoms with E-state index >= 15 is 0 Å². The first-order valence-electron chi connectivity index (χ1n) is 10.0. The number of anilines is 1. The molecular formula is C22H27N3O4. The molecule has 3 rings (SSSR count). The van der Waals surface area contributed by atoms with Gasteiger partial charge in [-0.1, -0.05) is 13.0 Å². The van der Waals surface area contributed by atoms with E-state index in [1.54, 1.807) is 19.1 Å². The minimum Gasteiger partial charge on any atom is -0.494 e. The van der Waals surface area contributed by atoms with E-state index in [9.17, 15) is 9.59 Å². The third-order valence-electron chi connectivity index (χ3n) is 4.70. The number of amides is 1. The summed E-state index contributed by atoms with van der Waals surface area (Å²) in [7, 11) is 0. The predicted octanol–water partition coefficient (Wildman–Crippen LogP) is 3.01. The molecule has 29 heavy (non-hydrogen) atoms. The number of hydrogen-bond donors (Lipinski definition) is 0. The Morgan fingerprint density at radius 2 is 1.83 bits per heavy atom. The van der Waals surface area contributed by atoms with Gasteiger partial charge in [0.25, 0.3) is 5.91 Å². The molecule has 1 aromatic carbocycles. The minimum absolute atomic E-state index is 0.0113. The molecule has 0 atom stereocenters. The number of esters is 1. The Balaban J connectivity index is 1.57. The van der Waals surface area contributed by atoms with E-state index in [0.29, 0.717) is 50.5 Å². The summed E-state index contributed by atoms with van der Waals surface area (Å²) in [6, 6.07) is 10.9. The highest BCUT2D eigenvalue weighted by Gasteiger charge is 2.23. The normalized spacial score (nSPS) is 13.9. The van der Waals surface area contributed by atoms with Crippen LogP contribution < -0.4 is 9.64 Å². The van der Waals surface area contributed by atoms with Gasteiger partial charge in [0.2, 0.25) is 0 Å². The van der Waals surface area contributed by atoms with Crippen LogP contribution in [0.4, 0.5) is 5.82 Å². The van der Waals surface area contributed by atoms with Crippen LogP contribution >= 0.6 is 0 Å². The number of aromatic nitrogens is 1. The van der Waals surface area contributed by atoms with Crippen molar-refractivity contribution in [2.24, 2.45) is 0 Å². The molecule has 1 amide bonds. The van der Waals surface area contributed by atoms with Gasteiger partial charge in [0, 0.05) is 37.9 Å². The molecule has 1 saturated heterocycles. The van der Waals surface area contributed by atoms with Crippen molar-refractivity contribution in [3.63, 3.8) is 0 Å². The molecule has 0 radical (unpaired) electrons. The molecule has 0 aliphatic carbocycles. The van der Waals surface area contributed by atoms with Crippen molar-refractivity contribution >= 4 is 17.7 Å². The van der Waals surface area contributed by atoms with Crippen molar-refractivity contribution in [3.05, 3.63) is 53.7 Å². The Morgan fingerprint density at radius 3 is 2.48 bits per heavy atom. The lowest BCUT2D eigenvalue weighted by Crippen LogP contribution is -2.49. The first-order valence-corrected chi connectivity index (χ1v) is 10.0. The fourth-order valence-electron chi connectivity index (χ4n) is 3.17. The van der Waals surface area contributed by atoms with Crippen LogP contribution in [0.5, 0.6) is 5.75 Å². The van der Waals surface area contributed by atoms with Gasteiger partial charge in [0.1, 0.15) is 11.6 Å². The van der Waals surface area contributed by atoms with Gasteiger partial charge < -0.3 is 19.3 Å². The zero-order chi connectivity index (χ0) is 20.6. The topological polar surface area (TPSA) is 72.0 Å². The predicted molar refractivity (Wildman–Crippen MR) is 111 cm³/mol. The lowest BCUT2D eigenvalue weighted by molar-refractivity contribution is 0.0525. The van der Waals surface area contributed by atoms with Crippen molar-refractivity contribution < 1.29 is 19.1 Å². The van der Waals surface area contributed by atoms with Gasteiger partial charge in [-0.3, -0.25) is 4.79 Å². The molecule has 2 aromatic rings. The van der Waals surface area contributed by atoms with E-state index in [1.165, 1.54) is 6.20 Å². The van der Waals surface area contributed by atoms with E-state index in [-0.39, 0.29) is 11.9 Å². The number of carbonyl (C=O) groups is 2. The summed E-state index contributed by atoms with van der Waals surface area (Å²) in [5.74, 6) is 1.16. The number of rotatable bonds is 7. The average Bonchev–Trinajstić information content (AvgIpc) is 2.78. The number of carbonyl (C=O) groups excluding carboxylic acids is 2.